The maximum atomic E-state index is 11.4. The Morgan fingerprint density at radius 2 is 2.25 bits per heavy atom. The van der Waals surface area contributed by atoms with Gasteiger partial charge >= 0.3 is 6.03 Å². The Morgan fingerprint density at radius 1 is 1.50 bits per heavy atom. The van der Waals surface area contributed by atoms with Crippen LogP contribution in [0.5, 0.6) is 0 Å². The Labute approximate surface area is 97.4 Å². The Bertz CT molecular complexity index is 250. The van der Waals surface area contributed by atoms with E-state index in [0.717, 1.165) is 19.4 Å². The highest BCUT2D eigenvalue weighted by molar-refractivity contribution is 5.74. The van der Waals surface area contributed by atoms with Crippen LogP contribution in [0.15, 0.2) is 12.3 Å². The van der Waals surface area contributed by atoms with Crippen molar-refractivity contribution in [2.75, 3.05) is 13.2 Å². The number of urea groups is 1. The van der Waals surface area contributed by atoms with Crippen LogP contribution in [0.3, 0.4) is 0 Å². The zero-order valence-electron chi connectivity index (χ0n) is 10.4. The van der Waals surface area contributed by atoms with Crippen LogP contribution in [-0.4, -0.2) is 25.3 Å². The molecule has 0 aromatic carbocycles. The normalized spacial score (nSPS) is 21.3. The monoisotopic (exact) mass is 226 g/mol. The molecule has 1 unspecified atom stereocenters. The summed E-state index contributed by atoms with van der Waals surface area (Å²) < 4.78 is 5.40. The van der Waals surface area contributed by atoms with E-state index in [2.05, 4.69) is 31.4 Å². The third-order valence-electron chi connectivity index (χ3n) is 2.31. The molecular formula is C12H22N2O2. The maximum absolute atomic E-state index is 11.4. The summed E-state index contributed by atoms with van der Waals surface area (Å²) in [7, 11) is 0. The number of amides is 2. The minimum Gasteiger partial charge on any atom is -0.376 e. The van der Waals surface area contributed by atoms with Crippen molar-refractivity contribution < 1.29 is 9.53 Å². The summed E-state index contributed by atoms with van der Waals surface area (Å²) in [5, 5.41) is 5.46. The second-order valence-electron chi connectivity index (χ2n) is 5.19. The van der Waals surface area contributed by atoms with Gasteiger partial charge in [0.25, 0.3) is 0 Å². The van der Waals surface area contributed by atoms with Crippen LogP contribution in [0.4, 0.5) is 4.79 Å². The van der Waals surface area contributed by atoms with Gasteiger partial charge in [-0.3, -0.25) is 0 Å². The Morgan fingerprint density at radius 3 is 2.81 bits per heavy atom. The van der Waals surface area contributed by atoms with E-state index in [9.17, 15) is 4.79 Å². The molecule has 16 heavy (non-hydrogen) atoms. The number of hydrogen-bond acceptors (Lipinski definition) is 2. The SMILES string of the molecule is CC(C)(C)/C=C/NC(=O)NCC1CCCO1. The molecule has 4 heteroatoms. The smallest absolute Gasteiger partial charge is 0.318 e. The minimum atomic E-state index is -0.170. The van der Waals surface area contributed by atoms with Gasteiger partial charge in [0.15, 0.2) is 0 Å². The number of nitrogens with one attached hydrogen (secondary N) is 2. The van der Waals surface area contributed by atoms with Gasteiger partial charge in [0.2, 0.25) is 0 Å². The van der Waals surface area contributed by atoms with E-state index in [4.69, 9.17) is 4.74 Å². The van der Waals surface area contributed by atoms with Crippen LogP contribution in [0.25, 0.3) is 0 Å². The molecule has 92 valence electrons. The van der Waals surface area contributed by atoms with Crippen molar-refractivity contribution in [3.8, 4) is 0 Å². The van der Waals surface area contributed by atoms with Crippen molar-refractivity contribution >= 4 is 6.03 Å². The van der Waals surface area contributed by atoms with Crippen LogP contribution in [0.2, 0.25) is 0 Å². The van der Waals surface area contributed by atoms with Crippen LogP contribution in [0.1, 0.15) is 33.6 Å². The number of carbonyl (C=O) groups is 1. The third kappa shape index (κ3) is 5.75. The third-order valence-corrected chi connectivity index (χ3v) is 2.31. The Balaban J connectivity index is 2.13. The molecule has 0 aliphatic carbocycles. The summed E-state index contributed by atoms with van der Waals surface area (Å²) in [6.45, 7) is 7.65. The first-order chi connectivity index (χ1) is 7.47. The molecule has 1 saturated heterocycles. The highest BCUT2D eigenvalue weighted by Gasteiger charge is 2.15. The van der Waals surface area contributed by atoms with E-state index in [1.54, 1.807) is 6.20 Å². The Kier molecular flexibility index (Phi) is 4.80. The first-order valence-corrected chi connectivity index (χ1v) is 5.81. The molecule has 1 atom stereocenters. The van der Waals surface area contributed by atoms with Gasteiger partial charge in [-0.25, -0.2) is 4.79 Å². The summed E-state index contributed by atoms with van der Waals surface area (Å²) >= 11 is 0. The van der Waals surface area contributed by atoms with Crippen molar-refractivity contribution in [1.29, 1.82) is 0 Å². The number of carbonyl (C=O) groups excluding carboxylic acids is 1. The molecule has 0 spiro atoms. The average Bonchev–Trinajstić information content (AvgIpc) is 2.65. The second-order valence-corrected chi connectivity index (χ2v) is 5.19. The van der Waals surface area contributed by atoms with Crippen LogP contribution in [-0.2, 0) is 4.74 Å². The second kappa shape index (κ2) is 5.89. The summed E-state index contributed by atoms with van der Waals surface area (Å²) in [6, 6.07) is -0.170. The topological polar surface area (TPSA) is 50.4 Å². The fourth-order valence-corrected chi connectivity index (χ4v) is 1.43. The van der Waals surface area contributed by atoms with Crippen LogP contribution in [0, 0.1) is 5.41 Å². The van der Waals surface area contributed by atoms with E-state index in [1.165, 1.54) is 0 Å². The molecular weight excluding hydrogens is 204 g/mol. The standard InChI is InChI=1S/C12H22N2O2/c1-12(2,3)6-7-13-11(15)14-9-10-5-4-8-16-10/h6-7,10H,4-5,8-9H2,1-3H3,(H2,13,14,15)/b7-6+. The molecule has 1 fully saturated rings. The lowest BCUT2D eigenvalue weighted by molar-refractivity contribution is 0.111. The first-order valence-electron chi connectivity index (χ1n) is 5.81. The number of hydrogen-bond donors (Lipinski definition) is 2. The largest absolute Gasteiger partial charge is 0.376 e. The molecule has 0 saturated carbocycles. The number of ether oxygens (including phenoxy) is 1. The fourth-order valence-electron chi connectivity index (χ4n) is 1.43. The molecule has 1 aliphatic rings. The van der Waals surface area contributed by atoms with Gasteiger partial charge in [0.1, 0.15) is 0 Å². The van der Waals surface area contributed by atoms with Gasteiger partial charge in [0, 0.05) is 19.4 Å². The van der Waals surface area contributed by atoms with Crippen molar-refractivity contribution in [1.82, 2.24) is 10.6 Å². The van der Waals surface area contributed by atoms with E-state index >= 15 is 0 Å². The van der Waals surface area contributed by atoms with Crippen molar-refractivity contribution in [3.05, 3.63) is 12.3 Å². The highest BCUT2D eigenvalue weighted by atomic mass is 16.5. The lowest BCUT2D eigenvalue weighted by Crippen LogP contribution is -2.37. The summed E-state index contributed by atoms with van der Waals surface area (Å²) in [5.41, 5.74) is 0.0852. The molecule has 0 aromatic rings. The Hall–Kier alpha value is -1.03. The number of allylic oxidation sites excluding steroid dienone is 1. The van der Waals surface area contributed by atoms with Gasteiger partial charge in [0.05, 0.1) is 6.10 Å². The predicted molar refractivity (Wildman–Crippen MR) is 64.1 cm³/mol. The predicted octanol–water partition coefficient (Wildman–Crippen LogP) is 2.02. The van der Waals surface area contributed by atoms with Gasteiger partial charge in [-0.2, -0.15) is 0 Å². The van der Waals surface area contributed by atoms with Crippen molar-refractivity contribution in [2.45, 2.75) is 39.7 Å². The van der Waals surface area contributed by atoms with Gasteiger partial charge in [-0.15, -0.1) is 0 Å². The average molecular weight is 226 g/mol. The minimum absolute atomic E-state index is 0.0852. The van der Waals surface area contributed by atoms with Crippen molar-refractivity contribution in [2.24, 2.45) is 5.41 Å². The molecule has 2 amide bonds. The molecule has 1 aliphatic heterocycles. The van der Waals surface area contributed by atoms with Gasteiger partial charge in [-0.1, -0.05) is 26.8 Å². The summed E-state index contributed by atoms with van der Waals surface area (Å²) in [6.07, 6.45) is 5.97. The van der Waals surface area contributed by atoms with Crippen LogP contribution < -0.4 is 10.6 Å². The zero-order chi connectivity index (χ0) is 12.0. The van der Waals surface area contributed by atoms with E-state index in [1.807, 2.05) is 6.08 Å². The highest BCUT2D eigenvalue weighted by Crippen LogP contribution is 2.13. The summed E-state index contributed by atoms with van der Waals surface area (Å²) in [4.78, 5) is 11.4. The van der Waals surface area contributed by atoms with Gasteiger partial charge in [-0.05, 0) is 18.3 Å². The molecule has 0 bridgehead atoms. The van der Waals surface area contributed by atoms with Crippen molar-refractivity contribution in [3.63, 3.8) is 0 Å². The van der Waals surface area contributed by atoms with Gasteiger partial charge < -0.3 is 15.4 Å². The molecule has 1 rings (SSSR count). The molecule has 4 nitrogen and oxygen atoms in total. The lowest BCUT2D eigenvalue weighted by Gasteiger charge is -2.12. The number of rotatable bonds is 3. The zero-order valence-corrected chi connectivity index (χ0v) is 10.4. The van der Waals surface area contributed by atoms with E-state index < -0.39 is 0 Å². The molecule has 0 aromatic heterocycles. The van der Waals surface area contributed by atoms with E-state index in [0.29, 0.717) is 6.54 Å². The molecule has 0 radical (unpaired) electrons. The first kappa shape index (κ1) is 13.0. The summed E-state index contributed by atoms with van der Waals surface area (Å²) in [5.74, 6) is 0. The maximum Gasteiger partial charge on any atom is 0.318 e. The lowest BCUT2D eigenvalue weighted by atomic mass is 9.97. The quantitative estimate of drug-likeness (QED) is 0.773. The molecule has 2 N–H and O–H groups in total. The molecule has 1 heterocycles. The fraction of sp³-hybridized carbons (Fsp3) is 0.750. The van der Waals surface area contributed by atoms with Crippen LogP contribution >= 0.6 is 0 Å². The van der Waals surface area contributed by atoms with E-state index in [-0.39, 0.29) is 17.6 Å².